The van der Waals surface area contributed by atoms with Gasteiger partial charge < -0.3 is 13.6 Å². The lowest BCUT2D eigenvalue weighted by atomic mass is 9.85. The largest absolute Gasteiger partial charge is 0.454 e. The summed E-state index contributed by atoms with van der Waals surface area (Å²) in [6.45, 7) is 27.3. The third-order valence-corrected chi connectivity index (χ3v) is 12.2. The zero-order chi connectivity index (χ0) is 40.6. The van der Waals surface area contributed by atoms with Crippen LogP contribution in [0.3, 0.4) is 0 Å². The van der Waals surface area contributed by atoms with Gasteiger partial charge in [0.1, 0.15) is 11.3 Å². The highest BCUT2D eigenvalue weighted by molar-refractivity contribution is 6.17. The van der Waals surface area contributed by atoms with Gasteiger partial charge in [-0.1, -0.05) is 126 Å². The molecule has 0 spiro atoms. The number of benzene rings is 6. The Morgan fingerprint density at radius 3 is 1.23 bits per heavy atom. The molecule has 0 aliphatic rings. The van der Waals surface area contributed by atoms with Crippen LogP contribution in [0.1, 0.15) is 111 Å². The average molecular weight is 748 g/mol. The van der Waals surface area contributed by atoms with Gasteiger partial charge in [-0.2, -0.15) is 5.26 Å². The zero-order valence-corrected chi connectivity index (χ0v) is 35.6. The number of fused-ring (bicyclic) bond motifs is 9. The molecule has 286 valence electrons. The summed E-state index contributed by atoms with van der Waals surface area (Å²) >= 11 is 0. The molecule has 0 N–H and O–H groups in total. The smallest absolute Gasteiger partial charge is 0.162 e. The molecule has 3 heterocycles. The summed E-state index contributed by atoms with van der Waals surface area (Å²) in [5, 5.41) is 17.6. The van der Waals surface area contributed by atoms with Gasteiger partial charge in [0, 0.05) is 32.3 Å². The second-order valence-electron chi connectivity index (χ2n) is 20.3. The molecule has 0 saturated carbocycles. The van der Waals surface area contributed by atoms with E-state index in [0.717, 1.165) is 49.8 Å². The number of nitrogens with zero attached hydrogens (tertiary/aromatic N) is 3. The Balaban J connectivity index is 1.52. The molecule has 0 atom stereocenters. The third-order valence-electron chi connectivity index (χ3n) is 12.2. The molecule has 0 bridgehead atoms. The lowest BCUT2D eigenvalue weighted by Crippen LogP contribution is -2.11. The number of furan rings is 1. The molecule has 0 saturated heterocycles. The number of rotatable bonds is 2. The van der Waals surface area contributed by atoms with E-state index in [4.69, 9.17) is 4.42 Å². The van der Waals surface area contributed by atoms with E-state index in [2.05, 4.69) is 183 Å². The zero-order valence-electron chi connectivity index (χ0n) is 35.6. The first-order valence-corrected chi connectivity index (χ1v) is 20.3. The molecule has 3 aromatic heterocycles. The van der Waals surface area contributed by atoms with Crippen LogP contribution in [0.15, 0.2) is 108 Å². The van der Waals surface area contributed by atoms with Gasteiger partial charge in [-0.3, -0.25) is 0 Å². The summed E-state index contributed by atoms with van der Waals surface area (Å²) in [6.07, 6.45) is 0. The Kier molecular flexibility index (Phi) is 7.82. The molecule has 4 heteroatoms. The van der Waals surface area contributed by atoms with E-state index in [1.54, 1.807) is 0 Å². The van der Waals surface area contributed by atoms with Crippen LogP contribution >= 0.6 is 0 Å². The summed E-state index contributed by atoms with van der Waals surface area (Å²) in [7, 11) is 0. The predicted molar refractivity (Wildman–Crippen MR) is 242 cm³/mol. The molecular weight excluding hydrogens is 695 g/mol. The summed E-state index contributed by atoms with van der Waals surface area (Å²) < 4.78 is 11.8. The van der Waals surface area contributed by atoms with Crippen LogP contribution in [-0.4, -0.2) is 9.13 Å². The van der Waals surface area contributed by atoms with Crippen molar-refractivity contribution >= 4 is 65.6 Å². The van der Waals surface area contributed by atoms with Gasteiger partial charge in [0.05, 0.1) is 39.4 Å². The van der Waals surface area contributed by atoms with Gasteiger partial charge >= 0.3 is 0 Å². The third kappa shape index (κ3) is 5.69. The molecule has 6 aromatic carbocycles. The van der Waals surface area contributed by atoms with Crippen LogP contribution in [-0.2, 0) is 21.7 Å². The first-order chi connectivity index (χ1) is 26.8. The molecular formula is C53H53N3O. The van der Waals surface area contributed by atoms with Crippen molar-refractivity contribution in [3.05, 3.63) is 131 Å². The van der Waals surface area contributed by atoms with Crippen molar-refractivity contribution in [3.8, 4) is 17.4 Å². The van der Waals surface area contributed by atoms with Crippen molar-refractivity contribution in [2.75, 3.05) is 0 Å². The molecule has 0 radical (unpaired) electrons. The van der Waals surface area contributed by atoms with Gasteiger partial charge in [-0.15, -0.1) is 0 Å². The van der Waals surface area contributed by atoms with E-state index in [-0.39, 0.29) is 21.7 Å². The van der Waals surface area contributed by atoms with Crippen LogP contribution in [0.4, 0.5) is 0 Å². The number of para-hydroxylation sites is 1. The van der Waals surface area contributed by atoms with E-state index < -0.39 is 0 Å². The molecule has 9 rings (SSSR count). The Morgan fingerprint density at radius 2 is 0.842 bits per heavy atom. The van der Waals surface area contributed by atoms with Gasteiger partial charge in [0.15, 0.2) is 5.58 Å². The van der Waals surface area contributed by atoms with Crippen molar-refractivity contribution in [2.45, 2.75) is 105 Å². The van der Waals surface area contributed by atoms with Crippen molar-refractivity contribution in [1.29, 1.82) is 5.26 Å². The standard InChI is InChI=1S/C53H53N3O/c1-50(2,3)32-17-21-41-37(26-32)38-27-33(51(4,5)6)18-22-42(38)55(41)45-25-31(30-54)47-36-15-13-14-16-46(36)57-49(47)48(45)56-43-23-19-34(52(7,8)9)28-39(43)40-29-35(53(10,11)12)20-24-44(40)56/h13-29H,1-12H3. The van der Waals surface area contributed by atoms with E-state index in [1.807, 2.05) is 18.2 Å². The summed E-state index contributed by atoms with van der Waals surface area (Å²) in [5.41, 5.74) is 13.3. The van der Waals surface area contributed by atoms with Crippen molar-refractivity contribution in [1.82, 2.24) is 9.13 Å². The van der Waals surface area contributed by atoms with Crippen LogP contribution in [0.5, 0.6) is 0 Å². The number of nitriles is 1. The first kappa shape index (κ1) is 36.8. The minimum Gasteiger partial charge on any atom is -0.454 e. The predicted octanol–water partition coefficient (Wildman–Crippen LogP) is 14.8. The van der Waals surface area contributed by atoms with Crippen LogP contribution in [0.2, 0.25) is 0 Å². The Labute approximate surface area is 336 Å². The molecule has 0 fully saturated rings. The lowest BCUT2D eigenvalue weighted by molar-refractivity contribution is 0.590. The van der Waals surface area contributed by atoms with Gasteiger partial charge in [0.2, 0.25) is 0 Å². The fourth-order valence-corrected chi connectivity index (χ4v) is 8.76. The Morgan fingerprint density at radius 1 is 0.456 bits per heavy atom. The highest BCUT2D eigenvalue weighted by Crippen LogP contribution is 2.46. The first-order valence-electron chi connectivity index (χ1n) is 20.3. The van der Waals surface area contributed by atoms with Crippen LogP contribution in [0.25, 0.3) is 76.9 Å². The number of aromatic nitrogens is 2. The van der Waals surface area contributed by atoms with E-state index in [1.165, 1.54) is 43.8 Å². The van der Waals surface area contributed by atoms with Crippen molar-refractivity contribution in [2.24, 2.45) is 0 Å². The fourth-order valence-electron chi connectivity index (χ4n) is 8.76. The fraction of sp³-hybridized carbons (Fsp3) is 0.302. The Hall–Kier alpha value is -5.79. The quantitative estimate of drug-likeness (QED) is 0.177. The normalized spacial score (nSPS) is 13.2. The van der Waals surface area contributed by atoms with Crippen molar-refractivity contribution < 1.29 is 4.42 Å². The topological polar surface area (TPSA) is 46.8 Å². The molecule has 9 aromatic rings. The highest BCUT2D eigenvalue weighted by Gasteiger charge is 2.29. The van der Waals surface area contributed by atoms with Crippen molar-refractivity contribution in [3.63, 3.8) is 0 Å². The van der Waals surface area contributed by atoms with Gasteiger partial charge in [0.25, 0.3) is 0 Å². The maximum Gasteiger partial charge on any atom is 0.162 e. The minimum atomic E-state index is -0.0311. The molecule has 0 amide bonds. The molecule has 57 heavy (non-hydrogen) atoms. The maximum atomic E-state index is 11.0. The second kappa shape index (κ2) is 12.1. The molecule has 4 nitrogen and oxygen atoms in total. The Bertz CT molecular complexity index is 3020. The molecule has 0 aliphatic heterocycles. The van der Waals surface area contributed by atoms with E-state index in [0.29, 0.717) is 11.1 Å². The monoisotopic (exact) mass is 747 g/mol. The van der Waals surface area contributed by atoms with Crippen LogP contribution in [0, 0.1) is 11.3 Å². The summed E-state index contributed by atoms with van der Waals surface area (Å²) in [6, 6.07) is 40.7. The second-order valence-corrected chi connectivity index (χ2v) is 20.3. The van der Waals surface area contributed by atoms with E-state index in [9.17, 15) is 5.26 Å². The lowest BCUT2D eigenvalue weighted by Gasteiger charge is -2.21. The minimum absolute atomic E-state index is 0.0304. The summed E-state index contributed by atoms with van der Waals surface area (Å²) in [4.78, 5) is 0. The molecule has 0 aliphatic carbocycles. The van der Waals surface area contributed by atoms with Gasteiger partial charge in [-0.05, 0) is 105 Å². The highest BCUT2D eigenvalue weighted by atomic mass is 16.3. The van der Waals surface area contributed by atoms with E-state index >= 15 is 0 Å². The average Bonchev–Trinajstić information content (AvgIpc) is 3.80. The van der Waals surface area contributed by atoms with Crippen LogP contribution < -0.4 is 0 Å². The van der Waals surface area contributed by atoms with Gasteiger partial charge in [-0.25, -0.2) is 0 Å². The number of hydrogen-bond donors (Lipinski definition) is 0. The SMILES string of the molecule is CC(C)(C)c1ccc2c(c1)c1cc(C(C)(C)C)ccc1n2-c1cc(C#N)c2c(oc3ccccc32)c1-n1c2ccc(C(C)(C)C)cc2c2cc(C(C)(C)C)ccc21. The maximum absolute atomic E-state index is 11.0. The molecule has 0 unspecified atom stereocenters. The summed E-state index contributed by atoms with van der Waals surface area (Å²) in [5.74, 6) is 0. The number of hydrogen-bond acceptors (Lipinski definition) is 2.